The minimum Gasteiger partial charge on any atom is -0.395 e. The molecule has 0 atom stereocenters. The second-order valence-electron chi connectivity index (χ2n) is 5.06. The summed E-state index contributed by atoms with van der Waals surface area (Å²) in [6.07, 6.45) is 4.35. The molecule has 1 fully saturated rings. The maximum atomic E-state index is 9.11. The monoisotopic (exact) mass is 292 g/mol. The lowest BCUT2D eigenvalue weighted by Crippen LogP contribution is -2.28. The molecule has 1 N–H and O–H groups in total. The molecule has 1 aromatic carbocycles. The fourth-order valence-electron chi connectivity index (χ4n) is 2.26. The van der Waals surface area contributed by atoms with Gasteiger partial charge in [0.25, 0.3) is 0 Å². The summed E-state index contributed by atoms with van der Waals surface area (Å²) in [4.78, 5) is 2.26. The Morgan fingerprint density at radius 2 is 2.05 bits per heavy atom. The standard InChI is InChI=1S/C14H17ClN4O/c15-11-1-3-14(4-2-11)19-10-12(16-17-19)9-18(7-8-20)13-5-6-13/h1-4,10,13,20H,5-9H2. The lowest BCUT2D eigenvalue weighted by molar-refractivity contribution is 0.182. The third kappa shape index (κ3) is 3.17. The van der Waals surface area contributed by atoms with E-state index in [4.69, 9.17) is 16.7 Å². The van der Waals surface area contributed by atoms with Gasteiger partial charge >= 0.3 is 0 Å². The number of halogens is 1. The molecule has 106 valence electrons. The van der Waals surface area contributed by atoms with E-state index in [0.29, 0.717) is 17.6 Å². The minimum absolute atomic E-state index is 0.182. The molecule has 0 amide bonds. The first kappa shape index (κ1) is 13.5. The fourth-order valence-corrected chi connectivity index (χ4v) is 2.38. The highest BCUT2D eigenvalue weighted by molar-refractivity contribution is 6.30. The number of hydrogen-bond acceptors (Lipinski definition) is 4. The number of hydrogen-bond donors (Lipinski definition) is 1. The first-order valence-corrected chi connectivity index (χ1v) is 7.16. The summed E-state index contributed by atoms with van der Waals surface area (Å²) in [6.45, 7) is 1.61. The van der Waals surface area contributed by atoms with Gasteiger partial charge in [0.2, 0.25) is 0 Å². The summed E-state index contributed by atoms with van der Waals surface area (Å²) in [5.41, 5.74) is 1.86. The Morgan fingerprint density at radius 3 is 2.70 bits per heavy atom. The largest absolute Gasteiger partial charge is 0.395 e. The van der Waals surface area contributed by atoms with Crippen molar-refractivity contribution in [2.45, 2.75) is 25.4 Å². The van der Waals surface area contributed by atoms with Crippen LogP contribution >= 0.6 is 11.6 Å². The Labute approximate surface area is 122 Å². The Hall–Kier alpha value is -1.43. The molecule has 20 heavy (non-hydrogen) atoms. The van der Waals surface area contributed by atoms with Crippen molar-refractivity contribution < 1.29 is 5.11 Å². The van der Waals surface area contributed by atoms with E-state index >= 15 is 0 Å². The number of rotatable bonds is 6. The molecule has 1 saturated carbocycles. The molecule has 0 unspecified atom stereocenters. The molecule has 6 heteroatoms. The third-order valence-electron chi connectivity index (χ3n) is 3.45. The first-order valence-electron chi connectivity index (χ1n) is 6.78. The van der Waals surface area contributed by atoms with Crippen LogP contribution in [0.15, 0.2) is 30.5 Å². The van der Waals surface area contributed by atoms with Crippen molar-refractivity contribution in [2.24, 2.45) is 0 Å². The van der Waals surface area contributed by atoms with Crippen molar-refractivity contribution in [3.63, 3.8) is 0 Å². The van der Waals surface area contributed by atoms with Crippen LogP contribution in [-0.2, 0) is 6.54 Å². The summed E-state index contributed by atoms with van der Waals surface area (Å²) in [5.74, 6) is 0. The second kappa shape index (κ2) is 5.91. The summed E-state index contributed by atoms with van der Waals surface area (Å²) in [6, 6.07) is 8.09. The number of aliphatic hydroxyl groups excluding tert-OH is 1. The van der Waals surface area contributed by atoms with Crippen LogP contribution in [-0.4, -0.2) is 44.2 Å². The molecule has 0 radical (unpaired) electrons. The van der Waals surface area contributed by atoms with Gasteiger partial charge in [-0.05, 0) is 37.1 Å². The van der Waals surface area contributed by atoms with E-state index in [1.54, 1.807) is 4.68 Å². The maximum Gasteiger partial charge on any atom is 0.0971 e. The Morgan fingerprint density at radius 1 is 1.30 bits per heavy atom. The molecule has 0 saturated heterocycles. The van der Waals surface area contributed by atoms with Gasteiger partial charge in [-0.3, -0.25) is 4.90 Å². The van der Waals surface area contributed by atoms with E-state index < -0.39 is 0 Å². The smallest absolute Gasteiger partial charge is 0.0971 e. The van der Waals surface area contributed by atoms with Crippen LogP contribution in [0.25, 0.3) is 5.69 Å². The molecule has 1 heterocycles. The van der Waals surface area contributed by atoms with Crippen LogP contribution in [0.5, 0.6) is 0 Å². The summed E-state index contributed by atoms with van der Waals surface area (Å²) in [7, 11) is 0. The number of benzene rings is 1. The van der Waals surface area contributed by atoms with Crippen LogP contribution in [0.4, 0.5) is 0 Å². The zero-order valence-electron chi connectivity index (χ0n) is 11.1. The van der Waals surface area contributed by atoms with Crippen LogP contribution < -0.4 is 0 Å². The molecule has 1 aromatic heterocycles. The topological polar surface area (TPSA) is 54.2 Å². The second-order valence-corrected chi connectivity index (χ2v) is 5.49. The predicted octanol–water partition coefficient (Wildman–Crippen LogP) is 1.88. The molecule has 0 aliphatic heterocycles. The van der Waals surface area contributed by atoms with E-state index in [1.807, 2.05) is 30.5 Å². The van der Waals surface area contributed by atoms with Crippen molar-refractivity contribution >= 4 is 11.6 Å². The molecule has 0 bridgehead atoms. The van der Waals surface area contributed by atoms with E-state index in [0.717, 1.165) is 17.9 Å². The molecule has 5 nitrogen and oxygen atoms in total. The van der Waals surface area contributed by atoms with Gasteiger partial charge in [0.1, 0.15) is 0 Å². The number of nitrogens with zero attached hydrogens (tertiary/aromatic N) is 4. The molecular formula is C14H17ClN4O. The highest BCUT2D eigenvalue weighted by Crippen LogP contribution is 2.27. The summed E-state index contributed by atoms with van der Waals surface area (Å²) >= 11 is 5.87. The van der Waals surface area contributed by atoms with Gasteiger partial charge in [-0.25, -0.2) is 4.68 Å². The fraction of sp³-hybridized carbons (Fsp3) is 0.429. The van der Waals surface area contributed by atoms with Crippen LogP contribution in [0.2, 0.25) is 5.02 Å². The number of aliphatic hydroxyl groups is 1. The van der Waals surface area contributed by atoms with Crippen molar-refractivity contribution in [1.82, 2.24) is 19.9 Å². The Kier molecular flexibility index (Phi) is 4.00. The maximum absolute atomic E-state index is 9.11. The molecule has 1 aliphatic rings. The first-order chi connectivity index (χ1) is 9.76. The van der Waals surface area contributed by atoms with Crippen molar-refractivity contribution in [3.8, 4) is 5.69 Å². The Balaban J connectivity index is 1.71. The zero-order chi connectivity index (χ0) is 13.9. The van der Waals surface area contributed by atoms with Crippen LogP contribution in [0, 0.1) is 0 Å². The van der Waals surface area contributed by atoms with Gasteiger partial charge in [0.05, 0.1) is 24.2 Å². The lowest BCUT2D eigenvalue weighted by Gasteiger charge is -2.18. The number of aromatic nitrogens is 3. The van der Waals surface area contributed by atoms with Gasteiger partial charge in [-0.1, -0.05) is 16.8 Å². The lowest BCUT2D eigenvalue weighted by atomic mass is 10.3. The van der Waals surface area contributed by atoms with Gasteiger partial charge in [0.15, 0.2) is 0 Å². The SMILES string of the molecule is OCCN(Cc1cn(-c2ccc(Cl)cc2)nn1)C1CC1. The predicted molar refractivity (Wildman–Crippen MR) is 76.9 cm³/mol. The minimum atomic E-state index is 0.182. The normalized spacial score (nSPS) is 14.9. The highest BCUT2D eigenvalue weighted by atomic mass is 35.5. The van der Waals surface area contributed by atoms with Crippen molar-refractivity contribution in [2.75, 3.05) is 13.2 Å². The van der Waals surface area contributed by atoms with Gasteiger partial charge in [0, 0.05) is 24.2 Å². The summed E-state index contributed by atoms with van der Waals surface area (Å²) in [5, 5.41) is 18.2. The van der Waals surface area contributed by atoms with Crippen molar-refractivity contribution in [1.29, 1.82) is 0 Å². The van der Waals surface area contributed by atoms with Gasteiger partial charge < -0.3 is 5.11 Å². The molecular weight excluding hydrogens is 276 g/mol. The van der Waals surface area contributed by atoms with Crippen LogP contribution in [0.3, 0.4) is 0 Å². The van der Waals surface area contributed by atoms with Gasteiger partial charge in [-0.15, -0.1) is 5.10 Å². The molecule has 3 rings (SSSR count). The van der Waals surface area contributed by atoms with Gasteiger partial charge in [-0.2, -0.15) is 0 Å². The van der Waals surface area contributed by atoms with E-state index in [-0.39, 0.29) is 6.61 Å². The Bertz CT molecular complexity index is 565. The average molecular weight is 293 g/mol. The van der Waals surface area contributed by atoms with Crippen molar-refractivity contribution in [3.05, 3.63) is 41.2 Å². The molecule has 2 aromatic rings. The molecule has 0 spiro atoms. The highest BCUT2D eigenvalue weighted by Gasteiger charge is 2.28. The van der Waals surface area contributed by atoms with E-state index in [1.165, 1.54) is 12.8 Å². The average Bonchev–Trinajstić information content (AvgIpc) is 3.20. The van der Waals surface area contributed by atoms with Crippen LogP contribution in [0.1, 0.15) is 18.5 Å². The third-order valence-corrected chi connectivity index (χ3v) is 3.70. The quantitative estimate of drug-likeness (QED) is 0.883. The van der Waals surface area contributed by atoms with E-state index in [2.05, 4.69) is 15.2 Å². The summed E-state index contributed by atoms with van der Waals surface area (Å²) < 4.78 is 1.75. The van der Waals surface area contributed by atoms with E-state index in [9.17, 15) is 0 Å². The molecule has 1 aliphatic carbocycles. The zero-order valence-corrected chi connectivity index (χ0v) is 11.9.